The maximum absolute atomic E-state index is 4.65. The lowest BCUT2D eigenvalue weighted by Crippen LogP contribution is -2.31. The number of amidine groups is 2. The molecule has 2 aliphatic rings. The fourth-order valence-electron chi connectivity index (χ4n) is 1.78. The van der Waals surface area contributed by atoms with Crippen molar-refractivity contribution in [2.24, 2.45) is 14.5 Å². The normalized spacial score (nSPS) is 18.1. The number of nitrogens with zero attached hydrogens (tertiary/aromatic N) is 4. The summed E-state index contributed by atoms with van der Waals surface area (Å²) < 4.78 is 5.42. The Labute approximate surface area is 118 Å². The fraction of sp³-hybridized carbons (Fsp3) is 0.250. The topological polar surface area (TPSA) is 40.3 Å². The third-order valence-corrected chi connectivity index (χ3v) is 4.03. The molecule has 0 saturated carbocycles. The van der Waals surface area contributed by atoms with E-state index in [1.807, 2.05) is 17.1 Å². The van der Waals surface area contributed by atoms with Gasteiger partial charge in [-0.15, -0.1) is 0 Å². The van der Waals surface area contributed by atoms with Crippen LogP contribution in [0.4, 0.5) is 0 Å². The van der Waals surface area contributed by atoms with E-state index in [4.69, 9.17) is 0 Å². The third kappa shape index (κ3) is 2.10. The molecule has 0 bridgehead atoms. The zero-order chi connectivity index (χ0) is 12.5. The van der Waals surface area contributed by atoms with Crippen LogP contribution in [0.1, 0.15) is 18.9 Å². The molecule has 0 spiro atoms. The summed E-state index contributed by atoms with van der Waals surface area (Å²) >= 11 is 4.84. The van der Waals surface area contributed by atoms with Crippen molar-refractivity contribution in [3.05, 3.63) is 34.3 Å². The van der Waals surface area contributed by atoms with Crippen molar-refractivity contribution in [2.45, 2.75) is 13.3 Å². The quantitative estimate of drug-likeness (QED) is 0.784. The minimum atomic E-state index is 0.618. The zero-order valence-electron chi connectivity index (χ0n) is 9.80. The van der Waals surface area contributed by atoms with E-state index in [9.17, 15) is 0 Å². The van der Waals surface area contributed by atoms with Crippen LogP contribution in [0, 0.1) is 0 Å². The van der Waals surface area contributed by atoms with Gasteiger partial charge in [-0.25, -0.2) is 0 Å². The van der Waals surface area contributed by atoms with E-state index < -0.39 is 0 Å². The number of benzene rings is 1. The van der Waals surface area contributed by atoms with E-state index in [0.29, 0.717) is 6.54 Å². The maximum atomic E-state index is 4.65. The molecule has 1 aromatic rings. The first-order valence-corrected chi connectivity index (χ1v) is 7.26. The number of fused-ring (bicyclic) bond motifs is 1. The minimum Gasteiger partial charge on any atom is -0.253 e. The SMILES string of the molecule is CCC1=NSC2=NCC(c3ccc(Br)cc3)=NN12. The van der Waals surface area contributed by atoms with Crippen molar-refractivity contribution in [3.8, 4) is 0 Å². The van der Waals surface area contributed by atoms with Crippen LogP contribution in [-0.4, -0.2) is 28.3 Å². The van der Waals surface area contributed by atoms with Gasteiger partial charge in [0.15, 0.2) is 0 Å². The Hall–Kier alpha value is -1.14. The van der Waals surface area contributed by atoms with E-state index in [1.54, 1.807) is 0 Å². The van der Waals surface area contributed by atoms with Crippen LogP contribution in [0.3, 0.4) is 0 Å². The predicted octanol–water partition coefficient (Wildman–Crippen LogP) is 3.30. The lowest BCUT2D eigenvalue weighted by molar-refractivity contribution is 0.650. The van der Waals surface area contributed by atoms with E-state index in [1.165, 1.54) is 11.9 Å². The fourth-order valence-corrected chi connectivity index (χ4v) is 2.78. The average Bonchev–Trinajstić information content (AvgIpc) is 2.81. The van der Waals surface area contributed by atoms with E-state index in [2.05, 4.69) is 49.5 Å². The largest absolute Gasteiger partial charge is 0.253 e. The van der Waals surface area contributed by atoms with Gasteiger partial charge in [-0.3, -0.25) is 4.99 Å². The van der Waals surface area contributed by atoms with Gasteiger partial charge >= 0.3 is 0 Å². The first-order valence-electron chi connectivity index (χ1n) is 5.70. The van der Waals surface area contributed by atoms with Gasteiger partial charge in [0.2, 0.25) is 5.17 Å². The summed E-state index contributed by atoms with van der Waals surface area (Å²) in [5, 5.41) is 7.38. The molecule has 3 rings (SSSR count). The number of aliphatic imine (C=N–C) groups is 1. The summed E-state index contributed by atoms with van der Waals surface area (Å²) in [6.45, 7) is 2.69. The molecule has 0 fully saturated rings. The average molecular weight is 323 g/mol. The highest BCUT2D eigenvalue weighted by Gasteiger charge is 2.27. The molecule has 0 atom stereocenters. The van der Waals surface area contributed by atoms with Gasteiger partial charge in [0.25, 0.3) is 0 Å². The van der Waals surface area contributed by atoms with E-state index in [-0.39, 0.29) is 0 Å². The highest BCUT2D eigenvalue weighted by atomic mass is 79.9. The van der Waals surface area contributed by atoms with Gasteiger partial charge in [-0.2, -0.15) is 14.5 Å². The van der Waals surface area contributed by atoms with E-state index in [0.717, 1.165) is 33.2 Å². The molecule has 18 heavy (non-hydrogen) atoms. The van der Waals surface area contributed by atoms with Crippen molar-refractivity contribution in [1.82, 2.24) is 5.01 Å². The van der Waals surface area contributed by atoms with Crippen molar-refractivity contribution in [2.75, 3.05) is 6.54 Å². The van der Waals surface area contributed by atoms with Crippen LogP contribution in [0.25, 0.3) is 0 Å². The summed E-state index contributed by atoms with van der Waals surface area (Å²) in [5.74, 6) is 0.966. The summed E-state index contributed by atoms with van der Waals surface area (Å²) in [7, 11) is 0. The zero-order valence-corrected chi connectivity index (χ0v) is 12.2. The van der Waals surface area contributed by atoms with Gasteiger partial charge < -0.3 is 0 Å². The second kappa shape index (κ2) is 4.85. The van der Waals surface area contributed by atoms with Crippen molar-refractivity contribution in [3.63, 3.8) is 0 Å². The Morgan fingerprint density at radius 2 is 2.11 bits per heavy atom. The van der Waals surface area contributed by atoms with Crippen LogP contribution in [0.2, 0.25) is 0 Å². The molecule has 0 aromatic heterocycles. The highest BCUT2D eigenvalue weighted by Crippen LogP contribution is 2.25. The van der Waals surface area contributed by atoms with Crippen molar-refractivity contribution >= 4 is 44.6 Å². The minimum absolute atomic E-state index is 0.618. The molecule has 0 amide bonds. The molecule has 6 heteroatoms. The molecule has 0 N–H and O–H groups in total. The Bertz CT molecular complexity index is 562. The Morgan fingerprint density at radius 3 is 2.83 bits per heavy atom. The molecule has 0 aliphatic carbocycles. The van der Waals surface area contributed by atoms with Gasteiger partial charge in [0.1, 0.15) is 5.84 Å². The third-order valence-electron chi connectivity index (χ3n) is 2.74. The number of hydrogen-bond donors (Lipinski definition) is 0. The Kier molecular flexibility index (Phi) is 3.22. The summed E-state index contributed by atoms with van der Waals surface area (Å²) in [6.07, 6.45) is 0.864. The second-order valence-corrected chi connectivity index (χ2v) is 5.56. The molecular formula is C12H11BrN4S. The van der Waals surface area contributed by atoms with Gasteiger partial charge in [-0.1, -0.05) is 35.0 Å². The molecule has 0 saturated heterocycles. The molecule has 0 radical (unpaired) electrons. The number of hydrazone groups is 1. The molecule has 1 aromatic carbocycles. The van der Waals surface area contributed by atoms with Crippen LogP contribution in [0.15, 0.2) is 43.2 Å². The standard InChI is InChI=1S/C12H11BrN4S/c1-2-11-16-18-12-14-7-10(15-17(11)12)8-3-5-9(13)6-4-8/h3-6H,2,7H2,1H3. The highest BCUT2D eigenvalue weighted by molar-refractivity contribution is 9.10. The van der Waals surface area contributed by atoms with Crippen molar-refractivity contribution in [1.29, 1.82) is 0 Å². The molecular weight excluding hydrogens is 312 g/mol. The summed E-state index contributed by atoms with van der Waals surface area (Å²) in [6, 6.07) is 8.14. The molecule has 2 heterocycles. The number of hydrogen-bond acceptors (Lipinski definition) is 5. The molecule has 0 unspecified atom stereocenters. The number of halogens is 1. The smallest absolute Gasteiger partial charge is 0.209 e. The first kappa shape index (κ1) is 11.9. The summed E-state index contributed by atoms with van der Waals surface area (Å²) in [5.41, 5.74) is 2.09. The second-order valence-electron chi connectivity index (χ2n) is 3.92. The lowest BCUT2D eigenvalue weighted by Gasteiger charge is -2.19. The summed E-state index contributed by atoms with van der Waals surface area (Å²) in [4.78, 5) is 4.52. The van der Waals surface area contributed by atoms with Crippen molar-refractivity contribution < 1.29 is 0 Å². The van der Waals surface area contributed by atoms with Gasteiger partial charge in [0, 0.05) is 10.9 Å². The van der Waals surface area contributed by atoms with Crippen LogP contribution in [0.5, 0.6) is 0 Å². The molecule has 2 aliphatic heterocycles. The maximum Gasteiger partial charge on any atom is 0.209 e. The Balaban J connectivity index is 1.91. The van der Waals surface area contributed by atoms with Crippen LogP contribution >= 0.6 is 27.9 Å². The first-order chi connectivity index (χ1) is 8.78. The molecule has 92 valence electrons. The van der Waals surface area contributed by atoms with E-state index >= 15 is 0 Å². The monoisotopic (exact) mass is 322 g/mol. The van der Waals surface area contributed by atoms with Gasteiger partial charge in [-0.05, 0) is 17.7 Å². The molecule has 4 nitrogen and oxygen atoms in total. The lowest BCUT2D eigenvalue weighted by atomic mass is 10.1. The number of rotatable bonds is 2. The van der Waals surface area contributed by atoms with Crippen LogP contribution < -0.4 is 0 Å². The Morgan fingerprint density at radius 1 is 1.33 bits per heavy atom. The predicted molar refractivity (Wildman–Crippen MR) is 80.1 cm³/mol. The van der Waals surface area contributed by atoms with Crippen LogP contribution in [-0.2, 0) is 0 Å². The van der Waals surface area contributed by atoms with Gasteiger partial charge in [0.05, 0.1) is 24.2 Å².